The third-order valence-corrected chi connectivity index (χ3v) is 18.7. The summed E-state index contributed by atoms with van der Waals surface area (Å²) in [5.41, 5.74) is 2.64. The molecule has 0 N–H and O–H groups in total. The van der Waals surface area contributed by atoms with Crippen molar-refractivity contribution in [3.8, 4) is 11.5 Å². The van der Waals surface area contributed by atoms with Crippen LogP contribution in [0.2, 0.25) is 36.3 Å². The zero-order valence-corrected chi connectivity index (χ0v) is 23.9. The molecule has 0 bridgehead atoms. The summed E-state index contributed by atoms with van der Waals surface area (Å²) in [5, 5.41) is 0. The predicted octanol–water partition coefficient (Wildman–Crippen LogP) is 8.26. The molecule has 0 heterocycles. The molecule has 0 aliphatic heterocycles. The van der Waals surface area contributed by atoms with Crippen LogP contribution in [0, 0.1) is 0 Å². The van der Waals surface area contributed by atoms with E-state index in [0.29, 0.717) is 0 Å². The molecule has 0 unspecified atom stereocenters. The summed E-state index contributed by atoms with van der Waals surface area (Å²) in [7, 11) is 0.0346. The second-order valence-corrected chi connectivity index (χ2v) is 18.6. The normalized spacial score (nSPS) is 12.1. The highest BCUT2D eigenvalue weighted by Crippen LogP contribution is 2.35. The molecule has 184 valence electrons. The van der Waals surface area contributed by atoms with Gasteiger partial charge in [-0.15, -0.1) is 0 Å². The van der Waals surface area contributed by atoms with E-state index in [1.165, 1.54) is 60.2 Å². The van der Waals surface area contributed by atoms with Crippen LogP contribution < -0.4 is 9.47 Å². The summed E-state index contributed by atoms with van der Waals surface area (Å²) in [5.74, 6) is 2.03. The number of para-hydroxylation sites is 2. The lowest BCUT2D eigenvalue weighted by atomic mass is 10.1. The fourth-order valence-electron chi connectivity index (χ4n) is 5.08. The summed E-state index contributed by atoms with van der Waals surface area (Å²) in [6.45, 7) is 9.49. The number of aryl methyl sites for hydroxylation is 2. The van der Waals surface area contributed by atoms with Crippen LogP contribution >= 0.6 is 0 Å². The van der Waals surface area contributed by atoms with E-state index < -0.39 is 16.6 Å². The van der Waals surface area contributed by atoms with Crippen molar-refractivity contribution in [2.75, 3.05) is 14.2 Å². The van der Waals surface area contributed by atoms with Crippen LogP contribution in [-0.4, -0.2) is 30.9 Å². The van der Waals surface area contributed by atoms with Gasteiger partial charge in [-0.1, -0.05) is 64.1 Å². The SMILES string of the molecule is CC[Si](CC)(CCCc1ccccc1OC)O[Si](CC)(CC)CCCc1ccccc1OC. The molecule has 0 saturated heterocycles. The number of ether oxygens (including phenoxy) is 2. The lowest BCUT2D eigenvalue weighted by molar-refractivity contribution is 0.409. The average molecular weight is 487 g/mol. The van der Waals surface area contributed by atoms with Gasteiger partial charge < -0.3 is 13.6 Å². The zero-order chi connectivity index (χ0) is 24.2. The first-order valence-electron chi connectivity index (χ1n) is 12.9. The van der Waals surface area contributed by atoms with Crippen LogP contribution in [0.25, 0.3) is 0 Å². The van der Waals surface area contributed by atoms with Gasteiger partial charge in [0.15, 0.2) is 16.6 Å². The van der Waals surface area contributed by atoms with E-state index >= 15 is 0 Å². The molecule has 3 nitrogen and oxygen atoms in total. The molecule has 2 rings (SSSR count). The number of hydrogen-bond acceptors (Lipinski definition) is 3. The quantitative estimate of drug-likeness (QED) is 0.223. The molecule has 5 heteroatoms. The molecule has 2 aromatic carbocycles. The molecule has 0 aliphatic rings. The minimum absolute atomic E-state index is 1.01. The zero-order valence-electron chi connectivity index (χ0n) is 21.9. The van der Waals surface area contributed by atoms with Crippen molar-refractivity contribution in [3.63, 3.8) is 0 Å². The van der Waals surface area contributed by atoms with E-state index in [4.69, 9.17) is 13.6 Å². The van der Waals surface area contributed by atoms with Gasteiger partial charge in [0.1, 0.15) is 11.5 Å². The second kappa shape index (κ2) is 14.0. The third-order valence-electron chi connectivity index (χ3n) is 7.55. The minimum Gasteiger partial charge on any atom is -0.496 e. The molecular formula is C28H46O3Si2. The predicted molar refractivity (Wildman–Crippen MR) is 147 cm³/mol. The van der Waals surface area contributed by atoms with Gasteiger partial charge in [-0.3, -0.25) is 0 Å². The number of hydrogen-bond donors (Lipinski definition) is 0. The topological polar surface area (TPSA) is 27.7 Å². The molecule has 0 radical (unpaired) electrons. The molecule has 0 spiro atoms. The molecule has 0 fully saturated rings. The maximum atomic E-state index is 7.43. The van der Waals surface area contributed by atoms with Crippen molar-refractivity contribution in [2.45, 2.75) is 89.6 Å². The fraction of sp³-hybridized carbons (Fsp3) is 0.571. The van der Waals surface area contributed by atoms with Gasteiger partial charge in [-0.25, -0.2) is 0 Å². The van der Waals surface area contributed by atoms with E-state index in [2.05, 4.69) is 76.2 Å². The van der Waals surface area contributed by atoms with Gasteiger partial charge >= 0.3 is 0 Å². The lowest BCUT2D eigenvalue weighted by Gasteiger charge is -2.41. The highest BCUT2D eigenvalue weighted by atomic mass is 28.4. The van der Waals surface area contributed by atoms with Gasteiger partial charge in [0.25, 0.3) is 0 Å². The first-order chi connectivity index (χ1) is 16.0. The van der Waals surface area contributed by atoms with Crippen molar-refractivity contribution in [1.82, 2.24) is 0 Å². The van der Waals surface area contributed by atoms with Gasteiger partial charge in [-0.2, -0.15) is 0 Å². The molecule has 33 heavy (non-hydrogen) atoms. The molecule has 0 aliphatic carbocycles. The van der Waals surface area contributed by atoms with Crippen molar-refractivity contribution in [1.29, 1.82) is 0 Å². The highest BCUT2D eigenvalue weighted by Gasteiger charge is 2.41. The van der Waals surface area contributed by atoms with Crippen LogP contribution in [0.5, 0.6) is 11.5 Å². The van der Waals surface area contributed by atoms with E-state index in [0.717, 1.165) is 24.3 Å². The highest BCUT2D eigenvalue weighted by molar-refractivity contribution is 6.87. The maximum absolute atomic E-state index is 7.43. The van der Waals surface area contributed by atoms with E-state index in [1.807, 2.05) is 0 Å². The minimum atomic E-state index is -1.75. The van der Waals surface area contributed by atoms with Crippen LogP contribution in [-0.2, 0) is 17.0 Å². The molecule has 2 aromatic rings. The van der Waals surface area contributed by atoms with Crippen LogP contribution in [0.4, 0.5) is 0 Å². The standard InChI is InChI=1S/C28H46O3Si2/c1-7-32(8-2,23-15-19-25-17-11-13-21-27(25)29-5)31-33(9-3,10-4)24-16-20-26-18-12-14-22-28(26)30-6/h11-14,17-18,21-22H,7-10,15-16,19-20,23-24H2,1-6H3. The Morgan fingerprint density at radius 2 is 0.939 bits per heavy atom. The second-order valence-electron chi connectivity index (χ2n) is 9.21. The monoisotopic (exact) mass is 486 g/mol. The van der Waals surface area contributed by atoms with Gasteiger partial charge in [-0.05, 0) is 85.2 Å². The molecule has 0 atom stereocenters. The Bertz CT molecular complexity index is 749. The average Bonchev–Trinajstić information content (AvgIpc) is 2.87. The Balaban J connectivity index is 2.04. The summed E-state index contributed by atoms with van der Waals surface area (Å²) in [6, 6.07) is 24.3. The Kier molecular flexibility index (Phi) is 11.7. The molecule has 0 amide bonds. The van der Waals surface area contributed by atoms with Crippen molar-refractivity contribution >= 4 is 16.6 Å². The molecule has 0 aromatic heterocycles. The Morgan fingerprint density at radius 3 is 1.27 bits per heavy atom. The number of rotatable bonds is 16. The van der Waals surface area contributed by atoms with Gasteiger partial charge in [0.05, 0.1) is 14.2 Å². The van der Waals surface area contributed by atoms with Crippen molar-refractivity contribution in [3.05, 3.63) is 59.7 Å². The van der Waals surface area contributed by atoms with E-state index in [1.54, 1.807) is 14.2 Å². The number of benzene rings is 2. The maximum Gasteiger partial charge on any atom is 0.179 e. The largest absolute Gasteiger partial charge is 0.496 e. The Labute approximate surface area is 205 Å². The molecule has 0 saturated carbocycles. The van der Waals surface area contributed by atoms with Crippen molar-refractivity contribution in [2.24, 2.45) is 0 Å². The summed E-state index contributed by atoms with van der Waals surface area (Å²) in [4.78, 5) is 0. The first kappa shape index (κ1) is 27.7. The number of methoxy groups -OCH3 is 2. The van der Waals surface area contributed by atoms with Crippen LogP contribution in [0.3, 0.4) is 0 Å². The molecular weight excluding hydrogens is 440 g/mol. The third kappa shape index (κ3) is 7.73. The summed E-state index contributed by atoms with van der Waals surface area (Å²) >= 11 is 0. The summed E-state index contributed by atoms with van der Waals surface area (Å²) < 4.78 is 18.6. The first-order valence-corrected chi connectivity index (χ1v) is 18.0. The van der Waals surface area contributed by atoms with Gasteiger partial charge in [0.2, 0.25) is 0 Å². The van der Waals surface area contributed by atoms with Crippen LogP contribution in [0.15, 0.2) is 48.5 Å². The van der Waals surface area contributed by atoms with Gasteiger partial charge in [0, 0.05) is 0 Å². The smallest absolute Gasteiger partial charge is 0.179 e. The fourth-order valence-corrected chi connectivity index (χ4v) is 15.9. The lowest BCUT2D eigenvalue weighted by Crippen LogP contribution is -2.50. The van der Waals surface area contributed by atoms with Crippen LogP contribution in [0.1, 0.15) is 51.7 Å². The van der Waals surface area contributed by atoms with Crippen molar-refractivity contribution < 1.29 is 13.6 Å². The Morgan fingerprint density at radius 1 is 0.576 bits per heavy atom. The Hall–Kier alpha value is -1.57. The summed E-state index contributed by atoms with van der Waals surface area (Å²) in [6.07, 6.45) is 4.52. The van der Waals surface area contributed by atoms with E-state index in [9.17, 15) is 0 Å². The van der Waals surface area contributed by atoms with E-state index in [-0.39, 0.29) is 0 Å².